The summed E-state index contributed by atoms with van der Waals surface area (Å²) in [4.78, 5) is 38.0. The molecule has 212 valence electrons. The van der Waals surface area contributed by atoms with Crippen molar-refractivity contribution in [2.24, 2.45) is 23.7 Å². The van der Waals surface area contributed by atoms with Crippen molar-refractivity contribution in [3.05, 3.63) is 34.4 Å². The maximum atomic E-state index is 13.6. The molecule has 0 heterocycles. The number of carbonyl (C=O) groups excluding carboxylic acids is 3. The van der Waals surface area contributed by atoms with E-state index in [0.29, 0.717) is 6.42 Å². The van der Waals surface area contributed by atoms with Gasteiger partial charge < -0.3 is 0 Å². The summed E-state index contributed by atoms with van der Waals surface area (Å²) in [5.41, 5.74) is 4.79. The molecule has 3 rings (SSSR count). The van der Waals surface area contributed by atoms with E-state index in [1.165, 1.54) is 75.0 Å². The first-order valence-electron chi connectivity index (χ1n) is 15.8. The third kappa shape index (κ3) is 7.89. The van der Waals surface area contributed by atoms with E-state index >= 15 is 0 Å². The molecule has 38 heavy (non-hydrogen) atoms. The molecule has 2 aliphatic rings. The average molecular weight is 523 g/mol. The Morgan fingerprint density at radius 2 is 1.74 bits per heavy atom. The van der Waals surface area contributed by atoms with E-state index in [9.17, 15) is 14.4 Å². The van der Waals surface area contributed by atoms with Gasteiger partial charge in [-0.3, -0.25) is 14.4 Å². The van der Waals surface area contributed by atoms with Crippen molar-refractivity contribution in [2.45, 2.75) is 143 Å². The van der Waals surface area contributed by atoms with Crippen LogP contribution < -0.4 is 0 Å². The lowest BCUT2D eigenvalue weighted by atomic mass is 9.70. The van der Waals surface area contributed by atoms with Crippen molar-refractivity contribution in [2.75, 3.05) is 0 Å². The number of hydrogen-bond acceptors (Lipinski definition) is 3. The van der Waals surface area contributed by atoms with Crippen molar-refractivity contribution in [1.82, 2.24) is 0 Å². The summed E-state index contributed by atoms with van der Waals surface area (Å²) in [5.74, 6) is 1.70. The van der Waals surface area contributed by atoms with Crippen LogP contribution in [-0.2, 0) is 21.4 Å². The quantitative estimate of drug-likeness (QED) is 0.229. The zero-order valence-electron chi connectivity index (χ0n) is 25.3. The Morgan fingerprint density at radius 1 is 1.03 bits per heavy atom. The molecule has 1 saturated carbocycles. The summed E-state index contributed by atoms with van der Waals surface area (Å²) in [6.07, 6.45) is 16.1. The Kier molecular flexibility index (Phi) is 11.4. The summed E-state index contributed by atoms with van der Waals surface area (Å²) in [6.45, 7) is 12.6. The summed E-state index contributed by atoms with van der Waals surface area (Å²) in [5, 5.41) is 0. The summed E-state index contributed by atoms with van der Waals surface area (Å²) in [6, 6.07) is 4.54. The Bertz CT molecular complexity index is 966. The fourth-order valence-corrected chi connectivity index (χ4v) is 7.90. The Labute approximate surface area is 232 Å². The smallest absolute Gasteiger partial charge is 0.163 e. The number of rotatable bonds is 14. The van der Waals surface area contributed by atoms with E-state index in [4.69, 9.17) is 0 Å². The van der Waals surface area contributed by atoms with E-state index < -0.39 is 0 Å². The fraction of sp³-hybridized carbons (Fsp3) is 0.743. The SMILES string of the molecule is CCCC(CC1CC(=O)c2c(ccc(C(C)(C)CCCC3CCCCC3)c2C)C1)C(CC)C(=O)CC(C)=O. The van der Waals surface area contributed by atoms with Gasteiger partial charge in [0, 0.05) is 17.9 Å². The molecule has 0 aliphatic heterocycles. The summed E-state index contributed by atoms with van der Waals surface area (Å²) >= 11 is 0. The number of Topliss-reactive ketones (excluding diaryl/α,β-unsaturated/α-hetero) is 3. The molecule has 0 amide bonds. The third-order valence-electron chi connectivity index (χ3n) is 9.82. The Balaban J connectivity index is 1.71. The molecule has 0 spiro atoms. The lowest BCUT2D eigenvalue weighted by Gasteiger charge is -2.34. The summed E-state index contributed by atoms with van der Waals surface area (Å²) in [7, 11) is 0. The molecule has 2 aliphatic carbocycles. The highest BCUT2D eigenvalue weighted by molar-refractivity contribution is 6.00. The second-order valence-electron chi connectivity index (χ2n) is 13.4. The number of fused-ring (bicyclic) bond motifs is 1. The molecular formula is C35H54O3. The molecule has 3 nitrogen and oxygen atoms in total. The summed E-state index contributed by atoms with van der Waals surface area (Å²) < 4.78 is 0. The van der Waals surface area contributed by atoms with Crippen LogP contribution in [0, 0.1) is 30.6 Å². The lowest BCUT2D eigenvalue weighted by molar-refractivity contribution is -0.129. The van der Waals surface area contributed by atoms with Crippen molar-refractivity contribution >= 4 is 17.3 Å². The molecule has 1 fully saturated rings. The molecule has 0 aromatic heterocycles. The molecular weight excluding hydrogens is 468 g/mol. The predicted molar refractivity (Wildman–Crippen MR) is 158 cm³/mol. The molecule has 1 aromatic carbocycles. The normalized spacial score (nSPS) is 20.2. The molecule has 1 aromatic rings. The molecule has 0 bridgehead atoms. The van der Waals surface area contributed by atoms with E-state index in [1.807, 2.05) is 0 Å². The van der Waals surface area contributed by atoms with Gasteiger partial charge in [-0.25, -0.2) is 0 Å². The molecule has 3 unspecified atom stereocenters. The maximum absolute atomic E-state index is 13.6. The van der Waals surface area contributed by atoms with Gasteiger partial charge in [-0.15, -0.1) is 0 Å². The largest absolute Gasteiger partial charge is 0.300 e. The van der Waals surface area contributed by atoms with Crippen LogP contribution in [0.25, 0.3) is 0 Å². The van der Waals surface area contributed by atoms with Gasteiger partial charge in [0.15, 0.2) is 5.78 Å². The fourth-order valence-electron chi connectivity index (χ4n) is 7.90. The average Bonchev–Trinajstić information content (AvgIpc) is 2.84. The monoisotopic (exact) mass is 522 g/mol. The van der Waals surface area contributed by atoms with Gasteiger partial charge in [0.2, 0.25) is 0 Å². The Morgan fingerprint density at radius 3 is 2.37 bits per heavy atom. The maximum Gasteiger partial charge on any atom is 0.163 e. The van der Waals surface area contributed by atoms with Crippen LogP contribution >= 0.6 is 0 Å². The van der Waals surface area contributed by atoms with Crippen LogP contribution in [-0.4, -0.2) is 17.3 Å². The van der Waals surface area contributed by atoms with Crippen LogP contribution in [0.3, 0.4) is 0 Å². The highest BCUT2D eigenvalue weighted by Crippen LogP contribution is 2.40. The lowest BCUT2D eigenvalue weighted by Crippen LogP contribution is -2.30. The number of benzene rings is 1. The van der Waals surface area contributed by atoms with Crippen molar-refractivity contribution in [3.63, 3.8) is 0 Å². The standard InChI is InChI=1S/C35H54O3/c1-7-13-28(30(8-2)32(37)20-24(3)36)21-27-22-29-17-18-31(25(4)34(29)33(38)23-27)35(5,6)19-12-16-26-14-10-9-11-15-26/h17-18,26-28,30H,7-16,19-23H2,1-6H3. The predicted octanol–water partition coefficient (Wildman–Crippen LogP) is 9.15. The molecule has 0 saturated heterocycles. The topological polar surface area (TPSA) is 51.2 Å². The van der Waals surface area contributed by atoms with Gasteiger partial charge in [0.1, 0.15) is 11.6 Å². The van der Waals surface area contributed by atoms with Crippen LogP contribution in [0.1, 0.15) is 152 Å². The number of carbonyl (C=O) groups is 3. The van der Waals surface area contributed by atoms with E-state index in [1.54, 1.807) is 0 Å². The molecule has 3 atom stereocenters. The van der Waals surface area contributed by atoms with Gasteiger partial charge in [0.25, 0.3) is 0 Å². The highest BCUT2D eigenvalue weighted by Gasteiger charge is 2.34. The van der Waals surface area contributed by atoms with Crippen molar-refractivity contribution in [1.29, 1.82) is 0 Å². The molecule has 0 radical (unpaired) electrons. The van der Waals surface area contributed by atoms with Gasteiger partial charge in [-0.1, -0.05) is 97.6 Å². The van der Waals surface area contributed by atoms with Gasteiger partial charge >= 0.3 is 0 Å². The second-order valence-corrected chi connectivity index (χ2v) is 13.4. The molecule has 0 N–H and O–H groups in total. The van der Waals surface area contributed by atoms with Crippen LogP contribution in [0.15, 0.2) is 12.1 Å². The first-order chi connectivity index (χ1) is 18.1. The minimum atomic E-state index is -0.0751. The van der Waals surface area contributed by atoms with Crippen LogP contribution in [0.2, 0.25) is 0 Å². The Hall–Kier alpha value is -1.77. The number of ketones is 3. The van der Waals surface area contributed by atoms with Gasteiger partial charge in [-0.2, -0.15) is 0 Å². The van der Waals surface area contributed by atoms with Gasteiger partial charge in [-0.05, 0) is 79.4 Å². The highest BCUT2D eigenvalue weighted by atomic mass is 16.1. The zero-order valence-corrected chi connectivity index (χ0v) is 25.3. The zero-order chi connectivity index (χ0) is 27.9. The van der Waals surface area contributed by atoms with Crippen LogP contribution in [0.5, 0.6) is 0 Å². The first-order valence-corrected chi connectivity index (χ1v) is 15.8. The second kappa shape index (κ2) is 14.0. The van der Waals surface area contributed by atoms with Crippen LogP contribution in [0.4, 0.5) is 0 Å². The minimum Gasteiger partial charge on any atom is -0.300 e. The minimum absolute atomic E-state index is 0.0452. The number of hydrogen-bond donors (Lipinski definition) is 0. The first kappa shape index (κ1) is 30.8. The molecule has 3 heteroatoms. The van der Waals surface area contributed by atoms with E-state index in [0.717, 1.165) is 43.6 Å². The van der Waals surface area contributed by atoms with Crippen molar-refractivity contribution in [3.8, 4) is 0 Å². The van der Waals surface area contributed by atoms with E-state index in [-0.39, 0.29) is 46.9 Å². The van der Waals surface area contributed by atoms with Gasteiger partial charge in [0.05, 0.1) is 6.42 Å². The van der Waals surface area contributed by atoms with E-state index in [2.05, 4.69) is 46.8 Å². The third-order valence-corrected chi connectivity index (χ3v) is 9.82. The van der Waals surface area contributed by atoms with Crippen molar-refractivity contribution < 1.29 is 14.4 Å².